The Hall–Kier alpha value is -3.61. The lowest BCUT2D eigenvalue weighted by Crippen LogP contribution is -2.25. The molecule has 7 nitrogen and oxygen atoms in total. The van der Waals surface area contributed by atoms with Crippen molar-refractivity contribution in [3.05, 3.63) is 77.7 Å². The highest BCUT2D eigenvalue weighted by molar-refractivity contribution is 5.92. The minimum absolute atomic E-state index is 0.0128. The van der Waals surface area contributed by atoms with Crippen molar-refractivity contribution in [2.24, 2.45) is 5.92 Å². The number of nitrogens with zero attached hydrogens (tertiary/aromatic N) is 1. The van der Waals surface area contributed by atoms with Gasteiger partial charge in [-0.1, -0.05) is 49.3 Å². The van der Waals surface area contributed by atoms with Crippen LogP contribution in [-0.4, -0.2) is 23.5 Å². The molecule has 32 heavy (non-hydrogen) atoms. The van der Waals surface area contributed by atoms with Crippen LogP contribution in [0.15, 0.2) is 65.2 Å². The van der Waals surface area contributed by atoms with Gasteiger partial charge in [0.2, 0.25) is 5.91 Å². The Morgan fingerprint density at radius 3 is 2.53 bits per heavy atom. The maximum absolute atomic E-state index is 12.2. The number of anilines is 1. The van der Waals surface area contributed by atoms with Crippen molar-refractivity contribution in [1.82, 2.24) is 10.5 Å². The second kappa shape index (κ2) is 11.7. The Bertz CT molecular complexity index is 998. The van der Waals surface area contributed by atoms with Crippen molar-refractivity contribution >= 4 is 17.5 Å². The number of aryl methyl sites for hydroxylation is 1. The van der Waals surface area contributed by atoms with E-state index >= 15 is 0 Å². The molecule has 0 saturated carbocycles. The number of hydrogen-bond acceptors (Lipinski definition) is 5. The monoisotopic (exact) mass is 435 g/mol. The first-order valence-electron chi connectivity index (χ1n) is 10.8. The van der Waals surface area contributed by atoms with Crippen LogP contribution in [0.2, 0.25) is 0 Å². The predicted octanol–water partition coefficient (Wildman–Crippen LogP) is 4.60. The van der Waals surface area contributed by atoms with Gasteiger partial charge in [0.05, 0.1) is 0 Å². The van der Waals surface area contributed by atoms with Crippen LogP contribution in [-0.2, 0) is 17.8 Å². The molecule has 0 radical (unpaired) electrons. The lowest BCUT2D eigenvalue weighted by atomic mass is 10.1. The van der Waals surface area contributed by atoms with Crippen molar-refractivity contribution in [2.45, 2.75) is 39.7 Å². The van der Waals surface area contributed by atoms with E-state index < -0.39 is 0 Å². The third-order valence-electron chi connectivity index (χ3n) is 4.68. The third-order valence-corrected chi connectivity index (χ3v) is 4.68. The van der Waals surface area contributed by atoms with Gasteiger partial charge in [-0.3, -0.25) is 9.59 Å². The Morgan fingerprint density at radius 1 is 1.06 bits per heavy atom. The average molecular weight is 436 g/mol. The van der Waals surface area contributed by atoms with Crippen LogP contribution in [0.5, 0.6) is 5.75 Å². The number of aromatic nitrogens is 1. The van der Waals surface area contributed by atoms with Crippen molar-refractivity contribution in [1.29, 1.82) is 0 Å². The van der Waals surface area contributed by atoms with Gasteiger partial charge in [0, 0.05) is 24.7 Å². The Kier molecular flexibility index (Phi) is 8.43. The molecule has 0 unspecified atom stereocenters. The summed E-state index contributed by atoms with van der Waals surface area (Å²) in [5.74, 6) is 1.10. The maximum Gasteiger partial charge on any atom is 0.273 e. The molecule has 0 aliphatic rings. The van der Waals surface area contributed by atoms with Gasteiger partial charge < -0.3 is 19.9 Å². The topological polar surface area (TPSA) is 93.5 Å². The van der Waals surface area contributed by atoms with E-state index in [-0.39, 0.29) is 24.1 Å². The molecule has 3 aromatic rings. The molecule has 168 valence electrons. The molecule has 0 spiro atoms. The first-order valence-corrected chi connectivity index (χ1v) is 10.8. The average Bonchev–Trinajstić information content (AvgIpc) is 3.25. The van der Waals surface area contributed by atoms with Gasteiger partial charge in [-0.2, -0.15) is 0 Å². The van der Waals surface area contributed by atoms with Crippen molar-refractivity contribution in [3.63, 3.8) is 0 Å². The smallest absolute Gasteiger partial charge is 0.273 e. The normalized spacial score (nSPS) is 10.7. The number of amides is 2. The van der Waals surface area contributed by atoms with Crippen molar-refractivity contribution < 1.29 is 18.8 Å². The first kappa shape index (κ1) is 23.1. The van der Waals surface area contributed by atoms with Crippen LogP contribution in [0, 0.1) is 5.92 Å². The van der Waals surface area contributed by atoms with Gasteiger partial charge in [0.1, 0.15) is 12.4 Å². The highest BCUT2D eigenvalue weighted by Gasteiger charge is 2.12. The summed E-state index contributed by atoms with van der Waals surface area (Å²) >= 11 is 0. The van der Waals surface area contributed by atoms with E-state index in [1.54, 1.807) is 30.3 Å². The maximum atomic E-state index is 12.2. The molecular weight excluding hydrogens is 406 g/mol. The lowest BCUT2D eigenvalue weighted by Gasteiger charge is -2.08. The summed E-state index contributed by atoms with van der Waals surface area (Å²) in [5, 5.41) is 9.53. The molecule has 0 aliphatic carbocycles. The number of carbonyl (C=O) groups excluding carboxylic acids is 2. The molecule has 1 heterocycles. The minimum atomic E-state index is -0.269. The SMILES string of the molecule is CC(C)CC(=O)Nc1ccc(OCc2cc(C(=O)NCCCc3ccccc3)no2)cc1. The molecule has 0 saturated heterocycles. The highest BCUT2D eigenvalue weighted by atomic mass is 16.5. The van der Waals surface area contributed by atoms with Crippen LogP contribution in [0.25, 0.3) is 0 Å². The summed E-state index contributed by atoms with van der Waals surface area (Å²) in [7, 11) is 0. The Labute approximate surface area is 188 Å². The van der Waals surface area contributed by atoms with Crippen LogP contribution in [0.3, 0.4) is 0 Å². The fraction of sp³-hybridized carbons (Fsp3) is 0.320. The highest BCUT2D eigenvalue weighted by Crippen LogP contribution is 2.18. The first-order chi connectivity index (χ1) is 15.5. The van der Waals surface area contributed by atoms with E-state index in [1.807, 2.05) is 32.0 Å². The van der Waals surface area contributed by atoms with Crippen LogP contribution < -0.4 is 15.4 Å². The molecule has 0 aliphatic heterocycles. The molecule has 1 aromatic heterocycles. The summed E-state index contributed by atoms with van der Waals surface area (Å²) < 4.78 is 10.9. The Balaban J connectivity index is 1.39. The van der Waals surface area contributed by atoms with E-state index in [2.05, 4.69) is 27.9 Å². The molecule has 0 bridgehead atoms. The molecular formula is C25H29N3O4. The summed E-state index contributed by atoms with van der Waals surface area (Å²) in [6.45, 7) is 4.71. The number of ether oxygens (including phenoxy) is 1. The molecule has 2 aromatic carbocycles. The fourth-order valence-electron chi connectivity index (χ4n) is 3.09. The van der Waals surface area contributed by atoms with E-state index in [0.29, 0.717) is 36.1 Å². The number of nitrogens with one attached hydrogen (secondary N) is 2. The number of benzene rings is 2. The molecule has 0 atom stereocenters. The second-order valence-corrected chi connectivity index (χ2v) is 7.98. The van der Waals surface area contributed by atoms with Gasteiger partial charge in [0.25, 0.3) is 5.91 Å². The number of carbonyl (C=O) groups is 2. The summed E-state index contributed by atoms with van der Waals surface area (Å²) in [5.41, 5.74) is 2.19. The minimum Gasteiger partial charge on any atom is -0.486 e. The molecule has 2 N–H and O–H groups in total. The lowest BCUT2D eigenvalue weighted by molar-refractivity contribution is -0.116. The second-order valence-electron chi connectivity index (χ2n) is 7.98. The van der Waals surface area contributed by atoms with Gasteiger partial charge in [0.15, 0.2) is 11.5 Å². The van der Waals surface area contributed by atoms with E-state index in [0.717, 1.165) is 12.8 Å². The molecule has 3 rings (SSSR count). The molecule has 7 heteroatoms. The van der Waals surface area contributed by atoms with Crippen LogP contribution in [0.1, 0.15) is 48.5 Å². The van der Waals surface area contributed by atoms with Crippen LogP contribution >= 0.6 is 0 Å². The van der Waals surface area contributed by atoms with Crippen molar-refractivity contribution in [2.75, 3.05) is 11.9 Å². The van der Waals surface area contributed by atoms with Gasteiger partial charge in [-0.25, -0.2) is 0 Å². The number of hydrogen-bond donors (Lipinski definition) is 2. The van der Waals surface area contributed by atoms with Gasteiger partial charge in [-0.15, -0.1) is 0 Å². The van der Waals surface area contributed by atoms with Crippen LogP contribution in [0.4, 0.5) is 5.69 Å². The van der Waals surface area contributed by atoms with E-state index in [4.69, 9.17) is 9.26 Å². The Morgan fingerprint density at radius 2 is 1.81 bits per heavy atom. The standard InChI is InChI=1S/C25H29N3O4/c1-18(2)15-24(29)27-20-10-12-21(13-11-20)31-17-22-16-23(28-32-22)25(30)26-14-6-9-19-7-4-3-5-8-19/h3-5,7-8,10-13,16,18H,6,9,14-15,17H2,1-2H3,(H,26,30)(H,27,29). The largest absolute Gasteiger partial charge is 0.486 e. The van der Waals surface area contributed by atoms with E-state index in [1.165, 1.54) is 5.56 Å². The summed E-state index contributed by atoms with van der Waals surface area (Å²) in [6.07, 6.45) is 2.23. The quantitative estimate of drug-likeness (QED) is 0.429. The summed E-state index contributed by atoms with van der Waals surface area (Å²) in [4.78, 5) is 24.1. The zero-order valence-corrected chi connectivity index (χ0v) is 18.5. The molecule has 0 fully saturated rings. The predicted molar refractivity (Wildman–Crippen MR) is 122 cm³/mol. The number of rotatable bonds is 11. The van der Waals surface area contributed by atoms with E-state index in [9.17, 15) is 9.59 Å². The third kappa shape index (κ3) is 7.58. The zero-order valence-electron chi connectivity index (χ0n) is 18.5. The zero-order chi connectivity index (χ0) is 22.8. The van der Waals surface area contributed by atoms with Gasteiger partial charge in [-0.05, 0) is 48.6 Å². The van der Waals surface area contributed by atoms with Crippen molar-refractivity contribution in [3.8, 4) is 5.75 Å². The molecule has 2 amide bonds. The summed E-state index contributed by atoms with van der Waals surface area (Å²) in [6, 6.07) is 18.8. The fourth-order valence-corrected chi connectivity index (χ4v) is 3.09. The van der Waals surface area contributed by atoms with Gasteiger partial charge >= 0.3 is 0 Å².